The third-order valence-corrected chi connectivity index (χ3v) is 4.29. The Bertz CT molecular complexity index is 455. The van der Waals surface area contributed by atoms with Gasteiger partial charge in [-0.15, -0.1) is 0 Å². The normalized spacial score (nSPS) is 25.9. The fourth-order valence-corrected chi connectivity index (χ4v) is 3.12. The Morgan fingerprint density at radius 1 is 1.50 bits per heavy atom. The van der Waals surface area contributed by atoms with Crippen LogP contribution in [0.3, 0.4) is 0 Å². The highest BCUT2D eigenvalue weighted by Crippen LogP contribution is 2.41. The molecule has 0 radical (unpaired) electrons. The van der Waals surface area contributed by atoms with Crippen LogP contribution in [0.25, 0.3) is 0 Å². The van der Waals surface area contributed by atoms with Crippen molar-refractivity contribution in [3.8, 4) is 5.88 Å². The van der Waals surface area contributed by atoms with Gasteiger partial charge < -0.3 is 10.1 Å². The quantitative estimate of drug-likeness (QED) is 0.867. The Hall–Kier alpha value is -1.32. The molecule has 1 unspecified atom stereocenters. The zero-order chi connectivity index (χ0) is 13.1. The largest absolute Gasteiger partial charge is 0.493 e. The Balaban J connectivity index is 2.30. The van der Waals surface area contributed by atoms with E-state index < -0.39 is 0 Å². The van der Waals surface area contributed by atoms with E-state index in [1.165, 1.54) is 19.3 Å². The first-order valence-corrected chi connectivity index (χ1v) is 6.92. The number of rotatable bonds is 3. The Labute approximate surface area is 107 Å². The van der Waals surface area contributed by atoms with Gasteiger partial charge in [0.05, 0.1) is 6.07 Å². The van der Waals surface area contributed by atoms with Crippen molar-refractivity contribution in [3.05, 3.63) is 22.2 Å². The lowest BCUT2D eigenvalue weighted by atomic mass is 9.72. The van der Waals surface area contributed by atoms with Crippen LogP contribution in [0.5, 0.6) is 5.88 Å². The second kappa shape index (κ2) is 5.55. The third-order valence-electron chi connectivity index (χ3n) is 4.29. The van der Waals surface area contributed by atoms with E-state index >= 15 is 0 Å². The molecule has 0 aliphatic heterocycles. The van der Waals surface area contributed by atoms with Gasteiger partial charge in [-0.2, -0.15) is 4.98 Å². The smallest absolute Gasteiger partial charge is 0.254 e. The van der Waals surface area contributed by atoms with Crippen molar-refractivity contribution in [2.45, 2.75) is 51.9 Å². The molecular weight excluding hydrogens is 228 g/mol. The third kappa shape index (κ3) is 2.74. The second-order valence-electron chi connectivity index (χ2n) is 5.43. The molecule has 0 amide bonds. The van der Waals surface area contributed by atoms with Crippen molar-refractivity contribution >= 4 is 0 Å². The lowest BCUT2D eigenvalue weighted by Crippen LogP contribution is -2.26. The van der Waals surface area contributed by atoms with Gasteiger partial charge in [-0.3, -0.25) is 4.79 Å². The van der Waals surface area contributed by atoms with E-state index in [1.807, 2.05) is 0 Å². The fraction of sp³-hybridized carbons (Fsp3) is 0.714. The van der Waals surface area contributed by atoms with E-state index in [-0.39, 0.29) is 17.4 Å². The molecule has 4 heteroatoms. The molecule has 1 aliphatic carbocycles. The van der Waals surface area contributed by atoms with E-state index in [9.17, 15) is 9.90 Å². The summed E-state index contributed by atoms with van der Waals surface area (Å²) in [7, 11) is 0. The summed E-state index contributed by atoms with van der Waals surface area (Å²) >= 11 is 0. The van der Waals surface area contributed by atoms with Gasteiger partial charge in [0.1, 0.15) is 5.82 Å². The predicted molar refractivity (Wildman–Crippen MR) is 70.7 cm³/mol. The van der Waals surface area contributed by atoms with Crippen molar-refractivity contribution in [2.75, 3.05) is 0 Å². The summed E-state index contributed by atoms with van der Waals surface area (Å²) < 4.78 is 0. The number of H-pyrrole nitrogens is 1. The van der Waals surface area contributed by atoms with Crippen LogP contribution in [0.1, 0.15) is 57.7 Å². The van der Waals surface area contributed by atoms with Crippen LogP contribution in [-0.4, -0.2) is 15.1 Å². The maximum Gasteiger partial charge on any atom is 0.254 e. The fourth-order valence-electron chi connectivity index (χ4n) is 3.12. The van der Waals surface area contributed by atoms with Crippen LogP contribution in [0, 0.1) is 11.8 Å². The molecular formula is C14H22N2O2. The van der Waals surface area contributed by atoms with Gasteiger partial charge in [-0.05, 0) is 24.7 Å². The first kappa shape index (κ1) is 13.1. The van der Waals surface area contributed by atoms with E-state index in [0.717, 1.165) is 18.9 Å². The molecule has 100 valence electrons. The maximum atomic E-state index is 11.4. The van der Waals surface area contributed by atoms with E-state index in [4.69, 9.17) is 0 Å². The van der Waals surface area contributed by atoms with Crippen molar-refractivity contribution in [3.63, 3.8) is 0 Å². The van der Waals surface area contributed by atoms with Crippen LogP contribution < -0.4 is 5.56 Å². The molecule has 0 bridgehead atoms. The van der Waals surface area contributed by atoms with Gasteiger partial charge >= 0.3 is 0 Å². The highest BCUT2D eigenvalue weighted by Gasteiger charge is 2.31. The minimum absolute atomic E-state index is 0.165. The standard InChI is InChI=1S/C14H22N2O2/c1-3-9(2)10-6-4-5-7-11(10)14-15-12(17)8-13(18)16-14/h8-11H,3-7H2,1-2H3,(H2,15,16,17,18)/t9-,10-,11?/m0/s1. The molecule has 2 rings (SSSR count). The van der Waals surface area contributed by atoms with Gasteiger partial charge in [0.2, 0.25) is 5.88 Å². The molecule has 4 nitrogen and oxygen atoms in total. The molecule has 1 saturated carbocycles. The molecule has 1 fully saturated rings. The Kier molecular flexibility index (Phi) is 4.04. The van der Waals surface area contributed by atoms with Crippen molar-refractivity contribution in [1.82, 2.24) is 9.97 Å². The summed E-state index contributed by atoms with van der Waals surface area (Å²) in [5.41, 5.74) is -0.258. The van der Waals surface area contributed by atoms with Crippen LogP contribution in [0.15, 0.2) is 10.9 Å². The van der Waals surface area contributed by atoms with Crippen molar-refractivity contribution < 1.29 is 5.11 Å². The second-order valence-corrected chi connectivity index (χ2v) is 5.43. The van der Waals surface area contributed by atoms with Gasteiger partial charge in [0, 0.05) is 5.92 Å². The summed E-state index contributed by atoms with van der Waals surface area (Å²) in [5, 5.41) is 9.48. The highest BCUT2D eigenvalue weighted by atomic mass is 16.3. The minimum Gasteiger partial charge on any atom is -0.493 e. The zero-order valence-corrected chi connectivity index (χ0v) is 11.1. The molecule has 1 aromatic heterocycles. The molecule has 3 atom stereocenters. The molecule has 1 heterocycles. The first-order chi connectivity index (χ1) is 8.61. The number of aromatic amines is 1. The number of nitrogens with one attached hydrogen (secondary N) is 1. The van der Waals surface area contributed by atoms with Crippen molar-refractivity contribution in [2.24, 2.45) is 11.8 Å². The Morgan fingerprint density at radius 3 is 2.89 bits per heavy atom. The molecule has 0 spiro atoms. The summed E-state index contributed by atoms with van der Waals surface area (Å²) in [6, 6.07) is 1.13. The Morgan fingerprint density at radius 2 is 2.22 bits per heavy atom. The van der Waals surface area contributed by atoms with Gasteiger partial charge in [-0.1, -0.05) is 33.1 Å². The lowest BCUT2D eigenvalue weighted by Gasteiger charge is -2.34. The van der Waals surface area contributed by atoms with E-state index in [0.29, 0.717) is 17.7 Å². The van der Waals surface area contributed by atoms with E-state index in [1.54, 1.807) is 0 Å². The topological polar surface area (TPSA) is 66.0 Å². The van der Waals surface area contributed by atoms with Crippen LogP contribution >= 0.6 is 0 Å². The predicted octanol–water partition coefficient (Wildman–Crippen LogP) is 2.80. The van der Waals surface area contributed by atoms with Gasteiger partial charge in [-0.25, -0.2) is 0 Å². The van der Waals surface area contributed by atoms with Crippen LogP contribution in [0.4, 0.5) is 0 Å². The highest BCUT2D eigenvalue weighted by molar-refractivity contribution is 5.11. The number of aromatic nitrogens is 2. The maximum absolute atomic E-state index is 11.4. The molecule has 18 heavy (non-hydrogen) atoms. The number of hydrogen-bond acceptors (Lipinski definition) is 3. The molecule has 1 aliphatic rings. The number of aromatic hydroxyl groups is 1. The molecule has 2 N–H and O–H groups in total. The average molecular weight is 250 g/mol. The summed E-state index contributed by atoms with van der Waals surface area (Å²) in [6.07, 6.45) is 5.83. The molecule has 0 saturated heterocycles. The minimum atomic E-state index is -0.258. The summed E-state index contributed by atoms with van der Waals surface area (Å²) in [5.74, 6) is 1.98. The first-order valence-electron chi connectivity index (χ1n) is 6.92. The lowest BCUT2D eigenvalue weighted by molar-refractivity contribution is 0.213. The van der Waals surface area contributed by atoms with Crippen LogP contribution in [-0.2, 0) is 0 Å². The van der Waals surface area contributed by atoms with Gasteiger partial charge in [0.15, 0.2) is 0 Å². The molecule has 0 aromatic carbocycles. The van der Waals surface area contributed by atoms with Crippen LogP contribution in [0.2, 0.25) is 0 Å². The summed E-state index contributed by atoms with van der Waals surface area (Å²) in [4.78, 5) is 18.4. The summed E-state index contributed by atoms with van der Waals surface area (Å²) in [6.45, 7) is 4.47. The molecule has 1 aromatic rings. The number of hydrogen-bond donors (Lipinski definition) is 2. The number of nitrogens with zero attached hydrogens (tertiary/aromatic N) is 1. The van der Waals surface area contributed by atoms with E-state index in [2.05, 4.69) is 23.8 Å². The van der Waals surface area contributed by atoms with Crippen molar-refractivity contribution in [1.29, 1.82) is 0 Å². The van der Waals surface area contributed by atoms with Gasteiger partial charge in [0.25, 0.3) is 5.56 Å². The average Bonchev–Trinajstić information content (AvgIpc) is 2.36. The SMILES string of the molecule is CC[C@H](C)[C@@H]1CCCCC1c1nc(O)cc(=O)[nH]1. The zero-order valence-electron chi connectivity index (χ0n) is 11.1. The monoisotopic (exact) mass is 250 g/mol.